The third kappa shape index (κ3) is 6.45. The van der Waals surface area contributed by atoms with E-state index >= 15 is 0 Å². The molecule has 11 heteroatoms. The summed E-state index contributed by atoms with van der Waals surface area (Å²) in [6.45, 7) is 4.10. The number of cyclic esters (lactones) is 1. The van der Waals surface area contributed by atoms with Gasteiger partial charge in [-0.3, -0.25) is 4.79 Å². The first-order valence-electron chi connectivity index (χ1n) is 11.2. The summed E-state index contributed by atoms with van der Waals surface area (Å²) >= 11 is 0. The van der Waals surface area contributed by atoms with Crippen molar-refractivity contribution in [2.45, 2.75) is 63.9 Å². The van der Waals surface area contributed by atoms with Crippen LogP contribution in [0.3, 0.4) is 0 Å². The number of hydrogen-bond donors (Lipinski definition) is 0. The molecule has 2 aliphatic heterocycles. The minimum Gasteiger partial charge on any atom is -0.497 e. The zero-order chi connectivity index (χ0) is 26.7. The van der Waals surface area contributed by atoms with Crippen LogP contribution in [0.5, 0.6) is 11.5 Å². The number of benzene rings is 1. The van der Waals surface area contributed by atoms with Gasteiger partial charge in [0, 0.05) is 19.6 Å². The molecule has 1 aromatic rings. The van der Waals surface area contributed by atoms with E-state index in [2.05, 4.69) is 0 Å². The molecule has 0 spiro atoms. The molecule has 0 radical (unpaired) electrons. The molecule has 0 aliphatic carbocycles. The average Bonchev–Trinajstić information content (AvgIpc) is 3.10. The number of halogens is 3. The molecule has 198 valence electrons. The number of fused-ring (bicyclic) bond motifs is 2. The number of methoxy groups -OCH3 is 2. The maximum atomic E-state index is 13.9. The van der Waals surface area contributed by atoms with Crippen LogP contribution in [0.4, 0.5) is 13.2 Å². The van der Waals surface area contributed by atoms with Gasteiger partial charge in [0.1, 0.15) is 29.3 Å². The highest BCUT2D eigenvalue weighted by atomic mass is 19.4. The second kappa shape index (κ2) is 11.0. The lowest BCUT2D eigenvalue weighted by Crippen LogP contribution is -2.32. The number of rotatable bonds is 4. The van der Waals surface area contributed by atoms with Crippen LogP contribution < -0.4 is 9.47 Å². The van der Waals surface area contributed by atoms with Crippen molar-refractivity contribution in [2.24, 2.45) is 0 Å². The van der Waals surface area contributed by atoms with E-state index in [9.17, 15) is 22.8 Å². The summed E-state index contributed by atoms with van der Waals surface area (Å²) in [6.07, 6.45) is -4.79. The van der Waals surface area contributed by atoms with Crippen molar-refractivity contribution in [2.75, 3.05) is 21.0 Å². The van der Waals surface area contributed by atoms with E-state index in [1.807, 2.05) is 0 Å². The summed E-state index contributed by atoms with van der Waals surface area (Å²) in [5.74, 6) is -2.38. The van der Waals surface area contributed by atoms with E-state index < -0.39 is 54.0 Å². The van der Waals surface area contributed by atoms with E-state index in [1.165, 1.54) is 26.4 Å². The summed E-state index contributed by atoms with van der Waals surface area (Å²) in [6, 6.07) is 2.93. The fourth-order valence-corrected chi connectivity index (χ4v) is 4.05. The van der Waals surface area contributed by atoms with Crippen LogP contribution in [0.25, 0.3) is 6.08 Å². The second-order valence-corrected chi connectivity index (χ2v) is 8.75. The van der Waals surface area contributed by atoms with Gasteiger partial charge >= 0.3 is 12.1 Å². The van der Waals surface area contributed by atoms with Gasteiger partial charge in [0.05, 0.1) is 18.8 Å². The molecule has 0 N–H and O–H groups in total. The molecule has 2 heterocycles. The normalized spacial score (nSPS) is 24.8. The molecule has 1 saturated heterocycles. The molecule has 0 amide bonds. The predicted molar refractivity (Wildman–Crippen MR) is 122 cm³/mol. The van der Waals surface area contributed by atoms with Crippen LogP contribution >= 0.6 is 0 Å². The molecular weight excluding hydrogens is 485 g/mol. The van der Waals surface area contributed by atoms with Crippen LogP contribution in [0, 0.1) is 0 Å². The van der Waals surface area contributed by atoms with Gasteiger partial charge < -0.3 is 28.4 Å². The Kier molecular flexibility index (Phi) is 8.48. The second-order valence-electron chi connectivity index (χ2n) is 8.75. The smallest absolute Gasteiger partial charge is 0.415 e. The molecule has 3 unspecified atom stereocenters. The lowest BCUT2D eigenvalue weighted by Gasteiger charge is -2.22. The topological polar surface area (TPSA) is 89.5 Å². The monoisotopic (exact) mass is 514 g/mol. The van der Waals surface area contributed by atoms with Gasteiger partial charge in [-0.2, -0.15) is 13.2 Å². The van der Waals surface area contributed by atoms with E-state index in [1.54, 1.807) is 26.0 Å². The highest BCUT2D eigenvalue weighted by molar-refractivity contribution is 5.97. The number of Topliss-reactive ketones (excluding diaryl/α,β-unsaturated/α-hetero) is 1. The summed E-state index contributed by atoms with van der Waals surface area (Å²) in [5.41, 5.74) is -1.000. The van der Waals surface area contributed by atoms with Gasteiger partial charge in [-0.25, -0.2) is 4.79 Å². The van der Waals surface area contributed by atoms with Crippen molar-refractivity contribution in [1.82, 2.24) is 0 Å². The number of ketones is 1. The standard InChI is InChI=1S/C25H29F3O8/c1-14-17(25(26,27)28)9-10-18(29)22-19(35-24(2,3)36-22)8-6-7-15-11-16(32-5)12-20(33-13-31-4)21(15)23(30)34-14/h6-7,9,11-12,14,19,22H,8,10,13H2,1-5H3. The van der Waals surface area contributed by atoms with Gasteiger partial charge in [0.15, 0.2) is 18.4 Å². The lowest BCUT2D eigenvalue weighted by molar-refractivity contribution is -0.154. The van der Waals surface area contributed by atoms with E-state index in [-0.39, 0.29) is 30.1 Å². The number of carbonyl (C=O) groups excluding carboxylic acids is 2. The molecule has 3 atom stereocenters. The Morgan fingerprint density at radius 3 is 2.50 bits per heavy atom. The van der Waals surface area contributed by atoms with Gasteiger partial charge in [0.2, 0.25) is 0 Å². The van der Waals surface area contributed by atoms with Gasteiger partial charge in [-0.05, 0) is 38.8 Å². The van der Waals surface area contributed by atoms with E-state index in [0.717, 1.165) is 13.0 Å². The molecule has 0 saturated carbocycles. The third-order valence-electron chi connectivity index (χ3n) is 5.62. The first kappa shape index (κ1) is 27.7. The van der Waals surface area contributed by atoms with Crippen molar-refractivity contribution in [3.63, 3.8) is 0 Å². The maximum absolute atomic E-state index is 13.9. The van der Waals surface area contributed by atoms with Crippen molar-refractivity contribution in [1.29, 1.82) is 0 Å². The zero-order valence-electron chi connectivity index (χ0n) is 20.6. The number of esters is 1. The van der Waals surface area contributed by atoms with Crippen molar-refractivity contribution < 1.29 is 51.2 Å². The molecule has 36 heavy (non-hydrogen) atoms. The molecule has 2 aliphatic rings. The van der Waals surface area contributed by atoms with Crippen LogP contribution in [-0.2, 0) is 23.7 Å². The molecule has 1 aromatic carbocycles. The van der Waals surface area contributed by atoms with Crippen LogP contribution in [0.15, 0.2) is 29.9 Å². The predicted octanol–water partition coefficient (Wildman–Crippen LogP) is 4.61. The van der Waals surface area contributed by atoms with Crippen LogP contribution in [-0.4, -0.2) is 63.0 Å². The molecule has 3 rings (SSSR count). The van der Waals surface area contributed by atoms with Gasteiger partial charge in [0.25, 0.3) is 0 Å². The fourth-order valence-electron chi connectivity index (χ4n) is 4.05. The average molecular weight is 514 g/mol. The van der Waals surface area contributed by atoms with Crippen LogP contribution in [0.1, 0.15) is 49.5 Å². The maximum Gasteiger partial charge on any atom is 0.415 e. The Hall–Kier alpha value is -2.89. The first-order valence-corrected chi connectivity index (χ1v) is 11.2. The number of alkyl halides is 3. The van der Waals surface area contributed by atoms with E-state index in [4.69, 9.17) is 28.4 Å². The Morgan fingerprint density at radius 1 is 1.14 bits per heavy atom. The highest BCUT2D eigenvalue weighted by Gasteiger charge is 2.45. The molecule has 0 aromatic heterocycles. The Balaban J connectivity index is 2.14. The number of ether oxygens (including phenoxy) is 6. The molecule has 1 fully saturated rings. The first-order chi connectivity index (χ1) is 16.9. The zero-order valence-corrected chi connectivity index (χ0v) is 20.6. The molecule has 8 nitrogen and oxygen atoms in total. The third-order valence-corrected chi connectivity index (χ3v) is 5.62. The Morgan fingerprint density at radius 2 is 1.86 bits per heavy atom. The van der Waals surface area contributed by atoms with Crippen molar-refractivity contribution in [3.8, 4) is 11.5 Å². The SMILES string of the molecule is COCOc1cc(OC)cc2c1C(=O)OC(C)C(C(F)(F)F)=CCC(=O)C1OC(C)(C)OC1CC=C2. The largest absolute Gasteiger partial charge is 0.497 e. The summed E-state index contributed by atoms with van der Waals surface area (Å²) in [7, 11) is 2.79. The minimum atomic E-state index is -4.85. The summed E-state index contributed by atoms with van der Waals surface area (Å²) < 4.78 is 74.0. The van der Waals surface area contributed by atoms with E-state index in [0.29, 0.717) is 5.75 Å². The number of hydrogen-bond acceptors (Lipinski definition) is 8. The fraction of sp³-hybridized carbons (Fsp3) is 0.520. The number of carbonyl (C=O) groups is 2. The summed E-state index contributed by atoms with van der Waals surface area (Å²) in [5, 5.41) is 0. The Bertz CT molecular complexity index is 1040. The van der Waals surface area contributed by atoms with Crippen LogP contribution in [0.2, 0.25) is 0 Å². The van der Waals surface area contributed by atoms with Gasteiger partial charge in [-0.15, -0.1) is 0 Å². The quantitative estimate of drug-likeness (QED) is 0.327. The molecular formula is C25H29F3O8. The Labute approximate surface area is 206 Å². The molecule has 0 bridgehead atoms. The van der Waals surface area contributed by atoms with Crippen molar-refractivity contribution in [3.05, 3.63) is 41.0 Å². The lowest BCUT2D eigenvalue weighted by atomic mass is 9.99. The number of allylic oxidation sites excluding steroid dienone is 1. The van der Waals surface area contributed by atoms with Gasteiger partial charge in [-0.1, -0.05) is 18.2 Å². The van der Waals surface area contributed by atoms with Crippen molar-refractivity contribution >= 4 is 17.8 Å². The highest BCUT2D eigenvalue weighted by Crippen LogP contribution is 2.36. The summed E-state index contributed by atoms with van der Waals surface area (Å²) in [4.78, 5) is 26.0. The minimum absolute atomic E-state index is 0.00678.